The van der Waals surface area contributed by atoms with E-state index in [1.165, 1.54) is 24.9 Å². The van der Waals surface area contributed by atoms with Crippen molar-refractivity contribution in [1.82, 2.24) is 4.90 Å². The highest BCUT2D eigenvalue weighted by Gasteiger charge is 2.17. The SMILES string of the molecule is CN1CCC[C@H]1C=Cc1ccccc1. The van der Waals surface area contributed by atoms with Crippen molar-refractivity contribution in [2.24, 2.45) is 0 Å². The molecule has 1 saturated heterocycles. The van der Waals surface area contributed by atoms with E-state index in [1.54, 1.807) is 0 Å². The first-order valence-electron chi connectivity index (χ1n) is 5.30. The van der Waals surface area contributed by atoms with Crippen molar-refractivity contribution in [3.8, 4) is 0 Å². The van der Waals surface area contributed by atoms with Gasteiger partial charge in [-0.15, -0.1) is 0 Å². The molecular weight excluding hydrogens is 170 g/mol. The Morgan fingerprint density at radius 3 is 2.71 bits per heavy atom. The van der Waals surface area contributed by atoms with Gasteiger partial charge in [-0.3, -0.25) is 4.90 Å². The van der Waals surface area contributed by atoms with Crippen LogP contribution in [-0.4, -0.2) is 24.5 Å². The number of likely N-dealkylation sites (N-methyl/N-ethyl adjacent to an activating group) is 1. The van der Waals surface area contributed by atoms with Gasteiger partial charge in [-0.2, -0.15) is 0 Å². The Labute approximate surface area is 86.1 Å². The first-order valence-corrected chi connectivity index (χ1v) is 5.30. The molecule has 0 N–H and O–H groups in total. The van der Waals surface area contributed by atoms with E-state index in [1.807, 2.05) is 0 Å². The molecule has 1 heteroatoms. The van der Waals surface area contributed by atoms with Gasteiger partial charge in [0.2, 0.25) is 0 Å². The lowest BCUT2D eigenvalue weighted by molar-refractivity contribution is 0.358. The molecule has 0 radical (unpaired) electrons. The Kier molecular flexibility index (Phi) is 3.00. The van der Waals surface area contributed by atoms with Crippen molar-refractivity contribution >= 4 is 6.08 Å². The predicted molar refractivity (Wildman–Crippen MR) is 61.1 cm³/mol. The third-order valence-corrected chi connectivity index (χ3v) is 2.89. The van der Waals surface area contributed by atoms with Gasteiger partial charge in [0.25, 0.3) is 0 Å². The lowest BCUT2D eigenvalue weighted by Crippen LogP contribution is -2.22. The molecule has 1 aromatic rings. The fourth-order valence-corrected chi connectivity index (χ4v) is 1.97. The molecule has 1 aromatic carbocycles. The third kappa shape index (κ3) is 2.24. The van der Waals surface area contributed by atoms with E-state index < -0.39 is 0 Å². The van der Waals surface area contributed by atoms with Gasteiger partial charge in [0.1, 0.15) is 0 Å². The van der Waals surface area contributed by atoms with E-state index in [2.05, 4.69) is 54.4 Å². The van der Waals surface area contributed by atoms with Crippen LogP contribution in [0.5, 0.6) is 0 Å². The molecule has 14 heavy (non-hydrogen) atoms. The molecule has 0 unspecified atom stereocenters. The Balaban J connectivity index is 2.00. The van der Waals surface area contributed by atoms with Crippen molar-refractivity contribution in [1.29, 1.82) is 0 Å². The van der Waals surface area contributed by atoms with Gasteiger partial charge < -0.3 is 0 Å². The number of rotatable bonds is 2. The van der Waals surface area contributed by atoms with Gasteiger partial charge in [0, 0.05) is 6.04 Å². The van der Waals surface area contributed by atoms with E-state index >= 15 is 0 Å². The van der Waals surface area contributed by atoms with Crippen molar-refractivity contribution in [3.63, 3.8) is 0 Å². The van der Waals surface area contributed by atoms with Crippen molar-refractivity contribution in [3.05, 3.63) is 42.0 Å². The number of benzene rings is 1. The maximum Gasteiger partial charge on any atom is 0.0278 e. The van der Waals surface area contributed by atoms with E-state index in [9.17, 15) is 0 Å². The van der Waals surface area contributed by atoms with Gasteiger partial charge in [-0.25, -0.2) is 0 Å². The molecule has 0 amide bonds. The van der Waals surface area contributed by atoms with Crippen LogP contribution in [0.1, 0.15) is 18.4 Å². The summed E-state index contributed by atoms with van der Waals surface area (Å²) in [5.41, 5.74) is 1.30. The Morgan fingerprint density at radius 2 is 2.07 bits per heavy atom. The molecular formula is C13H17N. The fourth-order valence-electron chi connectivity index (χ4n) is 1.97. The minimum absolute atomic E-state index is 0.648. The topological polar surface area (TPSA) is 3.24 Å². The quantitative estimate of drug-likeness (QED) is 0.688. The summed E-state index contributed by atoms with van der Waals surface area (Å²) in [6.45, 7) is 1.24. The monoisotopic (exact) mass is 187 g/mol. The summed E-state index contributed by atoms with van der Waals surface area (Å²) < 4.78 is 0. The van der Waals surface area contributed by atoms with Crippen LogP contribution in [-0.2, 0) is 0 Å². The maximum absolute atomic E-state index is 2.42. The average molecular weight is 187 g/mol. The third-order valence-electron chi connectivity index (χ3n) is 2.89. The molecule has 0 spiro atoms. The Bertz CT molecular complexity index is 302. The minimum atomic E-state index is 0.648. The summed E-state index contributed by atoms with van der Waals surface area (Å²) in [4.78, 5) is 2.42. The van der Waals surface area contributed by atoms with Crippen LogP contribution in [0, 0.1) is 0 Å². The van der Waals surface area contributed by atoms with Crippen LogP contribution >= 0.6 is 0 Å². The summed E-state index contributed by atoms with van der Waals surface area (Å²) in [5.74, 6) is 0. The molecule has 74 valence electrons. The van der Waals surface area contributed by atoms with Gasteiger partial charge in [-0.1, -0.05) is 42.5 Å². The highest BCUT2D eigenvalue weighted by molar-refractivity contribution is 5.49. The average Bonchev–Trinajstić information content (AvgIpc) is 2.63. The van der Waals surface area contributed by atoms with Gasteiger partial charge in [-0.05, 0) is 32.0 Å². The van der Waals surface area contributed by atoms with Gasteiger partial charge in [0.05, 0.1) is 0 Å². The van der Waals surface area contributed by atoms with Crippen LogP contribution < -0.4 is 0 Å². The lowest BCUT2D eigenvalue weighted by Gasteiger charge is -2.14. The van der Waals surface area contributed by atoms with E-state index in [0.717, 1.165) is 0 Å². The molecule has 0 aromatic heterocycles. The summed E-state index contributed by atoms with van der Waals surface area (Å²) in [7, 11) is 2.20. The normalized spacial score (nSPS) is 23.4. The second-order valence-electron chi connectivity index (χ2n) is 3.96. The second kappa shape index (κ2) is 4.43. The van der Waals surface area contributed by atoms with Crippen LogP contribution in [0.3, 0.4) is 0 Å². The molecule has 0 bridgehead atoms. The zero-order valence-electron chi connectivity index (χ0n) is 8.69. The molecule has 1 heterocycles. The molecule has 1 aliphatic rings. The standard InChI is InChI=1S/C13H17N/c1-14-11-5-8-13(14)10-9-12-6-3-2-4-7-12/h2-4,6-7,9-10,13H,5,8,11H2,1H3/t13-/m0/s1. The van der Waals surface area contributed by atoms with Crippen LogP contribution in [0.15, 0.2) is 36.4 Å². The molecule has 2 rings (SSSR count). The van der Waals surface area contributed by atoms with Crippen molar-refractivity contribution < 1.29 is 0 Å². The summed E-state index contributed by atoms with van der Waals surface area (Å²) >= 11 is 0. The number of likely N-dealkylation sites (tertiary alicyclic amines) is 1. The van der Waals surface area contributed by atoms with Crippen molar-refractivity contribution in [2.45, 2.75) is 18.9 Å². The zero-order valence-corrected chi connectivity index (χ0v) is 8.69. The van der Waals surface area contributed by atoms with Crippen LogP contribution in [0.4, 0.5) is 0 Å². The largest absolute Gasteiger partial charge is 0.300 e. The highest BCUT2D eigenvalue weighted by atomic mass is 15.1. The predicted octanol–water partition coefficient (Wildman–Crippen LogP) is 2.79. The smallest absolute Gasteiger partial charge is 0.0278 e. The fraction of sp³-hybridized carbons (Fsp3) is 0.385. The van der Waals surface area contributed by atoms with Gasteiger partial charge >= 0.3 is 0 Å². The number of nitrogens with zero attached hydrogens (tertiary/aromatic N) is 1. The first-order chi connectivity index (χ1) is 6.86. The minimum Gasteiger partial charge on any atom is -0.300 e. The number of hydrogen-bond acceptors (Lipinski definition) is 1. The van der Waals surface area contributed by atoms with Crippen molar-refractivity contribution in [2.75, 3.05) is 13.6 Å². The van der Waals surface area contributed by atoms with Crippen LogP contribution in [0.2, 0.25) is 0 Å². The Hall–Kier alpha value is -1.08. The zero-order chi connectivity index (χ0) is 9.80. The molecule has 0 aliphatic carbocycles. The molecule has 1 atom stereocenters. The van der Waals surface area contributed by atoms with Gasteiger partial charge in [0.15, 0.2) is 0 Å². The second-order valence-corrected chi connectivity index (χ2v) is 3.96. The maximum atomic E-state index is 2.42. The lowest BCUT2D eigenvalue weighted by atomic mass is 10.1. The summed E-state index contributed by atoms with van der Waals surface area (Å²) in [5, 5.41) is 0. The summed E-state index contributed by atoms with van der Waals surface area (Å²) in [6, 6.07) is 11.2. The Morgan fingerprint density at radius 1 is 1.29 bits per heavy atom. The number of hydrogen-bond donors (Lipinski definition) is 0. The van der Waals surface area contributed by atoms with E-state index in [-0.39, 0.29) is 0 Å². The highest BCUT2D eigenvalue weighted by Crippen LogP contribution is 2.16. The van der Waals surface area contributed by atoms with E-state index in [4.69, 9.17) is 0 Å². The molecule has 0 saturated carbocycles. The molecule has 1 nitrogen and oxygen atoms in total. The van der Waals surface area contributed by atoms with E-state index in [0.29, 0.717) is 6.04 Å². The van der Waals surface area contributed by atoms with Crippen LogP contribution in [0.25, 0.3) is 6.08 Å². The summed E-state index contributed by atoms with van der Waals surface area (Å²) in [6.07, 6.45) is 7.19. The molecule has 1 aliphatic heterocycles. The first kappa shape index (κ1) is 9.47. The molecule has 1 fully saturated rings.